The standard InChI is InChI=1S/C21H31N3O3/c1-15(2)14-24-8-7-17-11-18(5-6-19(17)24)23-20(25)22-13-16(3)12-21(4)26-9-10-27-21/h5-8,11,15-16H,9-10,12-14H2,1-4H3,(H2,22,23,25). The molecule has 6 heteroatoms. The van der Waals surface area contributed by atoms with Gasteiger partial charge in [0.2, 0.25) is 0 Å². The minimum atomic E-state index is -0.522. The molecular weight excluding hydrogens is 342 g/mol. The third kappa shape index (κ3) is 5.23. The highest BCUT2D eigenvalue weighted by Crippen LogP contribution is 2.26. The molecule has 0 aliphatic carbocycles. The van der Waals surface area contributed by atoms with Gasteiger partial charge in [0.1, 0.15) is 0 Å². The normalized spacial score (nSPS) is 17.4. The van der Waals surface area contributed by atoms with E-state index in [1.165, 1.54) is 5.52 Å². The van der Waals surface area contributed by atoms with Gasteiger partial charge in [0.25, 0.3) is 0 Å². The molecule has 1 aromatic heterocycles. The van der Waals surface area contributed by atoms with Crippen molar-refractivity contribution in [3.8, 4) is 0 Å². The summed E-state index contributed by atoms with van der Waals surface area (Å²) >= 11 is 0. The highest BCUT2D eigenvalue weighted by atomic mass is 16.7. The smallest absolute Gasteiger partial charge is 0.319 e. The zero-order chi connectivity index (χ0) is 19.4. The number of hydrogen-bond donors (Lipinski definition) is 2. The van der Waals surface area contributed by atoms with Crippen LogP contribution in [0.2, 0.25) is 0 Å². The van der Waals surface area contributed by atoms with Gasteiger partial charge in [-0.15, -0.1) is 0 Å². The SMILES string of the molecule is CC(C)Cn1ccc2cc(NC(=O)NCC(C)CC3(C)OCCO3)ccc21. The molecule has 0 spiro atoms. The van der Waals surface area contributed by atoms with Crippen LogP contribution in [0.15, 0.2) is 30.5 Å². The Kier molecular flexibility index (Phi) is 6.07. The zero-order valence-corrected chi connectivity index (χ0v) is 16.7. The Bertz CT molecular complexity index is 778. The second kappa shape index (κ2) is 8.31. The minimum Gasteiger partial charge on any atom is -0.348 e. The third-order valence-corrected chi connectivity index (χ3v) is 4.82. The molecule has 6 nitrogen and oxygen atoms in total. The fourth-order valence-corrected chi connectivity index (χ4v) is 3.65. The van der Waals surface area contributed by atoms with Crippen LogP contribution in [0.5, 0.6) is 0 Å². The lowest BCUT2D eigenvalue weighted by atomic mass is 10.0. The molecule has 1 atom stereocenters. The van der Waals surface area contributed by atoms with Gasteiger partial charge >= 0.3 is 6.03 Å². The van der Waals surface area contributed by atoms with Gasteiger partial charge in [0, 0.05) is 42.3 Å². The first-order valence-corrected chi connectivity index (χ1v) is 9.76. The lowest BCUT2D eigenvalue weighted by Crippen LogP contribution is -2.36. The fourth-order valence-electron chi connectivity index (χ4n) is 3.65. The number of amides is 2. The second-order valence-corrected chi connectivity index (χ2v) is 8.11. The average molecular weight is 373 g/mol. The Balaban J connectivity index is 1.51. The molecule has 1 fully saturated rings. The molecule has 1 saturated heterocycles. The molecule has 1 aromatic carbocycles. The van der Waals surface area contributed by atoms with Crippen molar-refractivity contribution in [3.63, 3.8) is 0 Å². The van der Waals surface area contributed by atoms with E-state index in [0.717, 1.165) is 24.0 Å². The zero-order valence-electron chi connectivity index (χ0n) is 16.7. The van der Waals surface area contributed by atoms with Crippen molar-refractivity contribution < 1.29 is 14.3 Å². The van der Waals surface area contributed by atoms with E-state index in [1.807, 2.05) is 19.1 Å². The predicted octanol–water partition coefficient (Wildman–Crippen LogP) is 4.21. The Morgan fingerprint density at radius 1 is 1.22 bits per heavy atom. The van der Waals surface area contributed by atoms with Gasteiger partial charge in [0.15, 0.2) is 5.79 Å². The van der Waals surface area contributed by atoms with Crippen molar-refractivity contribution in [2.45, 2.75) is 46.4 Å². The fraction of sp³-hybridized carbons (Fsp3) is 0.571. The van der Waals surface area contributed by atoms with Crippen molar-refractivity contribution in [1.82, 2.24) is 9.88 Å². The van der Waals surface area contributed by atoms with Gasteiger partial charge in [-0.3, -0.25) is 0 Å². The number of nitrogens with zero attached hydrogens (tertiary/aromatic N) is 1. The highest BCUT2D eigenvalue weighted by Gasteiger charge is 2.32. The summed E-state index contributed by atoms with van der Waals surface area (Å²) in [4.78, 5) is 12.2. The van der Waals surface area contributed by atoms with Gasteiger partial charge in [-0.1, -0.05) is 20.8 Å². The molecule has 27 heavy (non-hydrogen) atoms. The topological polar surface area (TPSA) is 64.5 Å². The number of carbonyl (C=O) groups excluding carboxylic acids is 1. The van der Waals surface area contributed by atoms with E-state index < -0.39 is 5.79 Å². The summed E-state index contributed by atoms with van der Waals surface area (Å²) in [7, 11) is 0. The van der Waals surface area contributed by atoms with E-state index in [-0.39, 0.29) is 11.9 Å². The van der Waals surface area contributed by atoms with E-state index >= 15 is 0 Å². The molecule has 2 aromatic rings. The summed E-state index contributed by atoms with van der Waals surface area (Å²) in [5.74, 6) is 0.325. The summed E-state index contributed by atoms with van der Waals surface area (Å²) in [5, 5.41) is 6.99. The van der Waals surface area contributed by atoms with Crippen LogP contribution in [0.3, 0.4) is 0 Å². The van der Waals surface area contributed by atoms with Gasteiger partial charge in [-0.05, 0) is 43.0 Å². The van der Waals surface area contributed by atoms with E-state index in [2.05, 4.69) is 54.3 Å². The van der Waals surface area contributed by atoms with Crippen LogP contribution in [0.1, 0.15) is 34.1 Å². The van der Waals surface area contributed by atoms with Crippen LogP contribution in [0, 0.1) is 11.8 Å². The third-order valence-electron chi connectivity index (χ3n) is 4.82. The van der Waals surface area contributed by atoms with Crippen molar-refractivity contribution in [3.05, 3.63) is 30.5 Å². The maximum Gasteiger partial charge on any atom is 0.319 e. The van der Waals surface area contributed by atoms with Crippen molar-refractivity contribution in [2.75, 3.05) is 25.1 Å². The number of carbonyl (C=O) groups is 1. The summed E-state index contributed by atoms with van der Waals surface area (Å²) in [6, 6.07) is 7.91. The molecule has 0 bridgehead atoms. The lowest BCUT2D eigenvalue weighted by Gasteiger charge is -2.26. The van der Waals surface area contributed by atoms with Crippen LogP contribution in [-0.4, -0.2) is 36.1 Å². The Labute approximate surface area is 161 Å². The van der Waals surface area contributed by atoms with E-state index in [0.29, 0.717) is 25.7 Å². The van der Waals surface area contributed by atoms with Crippen molar-refractivity contribution in [1.29, 1.82) is 0 Å². The lowest BCUT2D eigenvalue weighted by molar-refractivity contribution is -0.153. The molecule has 0 saturated carbocycles. The molecule has 2 amide bonds. The maximum absolute atomic E-state index is 12.2. The first-order chi connectivity index (χ1) is 12.8. The molecule has 3 rings (SSSR count). The van der Waals surface area contributed by atoms with E-state index in [4.69, 9.17) is 9.47 Å². The van der Waals surface area contributed by atoms with Crippen molar-refractivity contribution >= 4 is 22.6 Å². The quantitative estimate of drug-likeness (QED) is 0.764. The Morgan fingerprint density at radius 3 is 2.67 bits per heavy atom. The summed E-state index contributed by atoms with van der Waals surface area (Å²) in [5.41, 5.74) is 1.98. The first kappa shape index (κ1) is 19.7. The highest BCUT2D eigenvalue weighted by molar-refractivity contribution is 5.92. The van der Waals surface area contributed by atoms with E-state index in [9.17, 15) is 4.79 Å². The number of benzene rings is 1. The molecule has 2 heterocycles. The van der Waals surface area contributed by atoms with Gasteiger partial charge in [-0.25, -0.2) is 4.79 Å². The molecule has 1 aliphatic heterocycles. The van der Waals surface area contributed by atoms with Crippen LogP contribution >= 0.6 is 0 Å². The van der Waals surface area contributed by atoms with Gasteiger partial charge in [0.05, 0.1) is 13.2 Å². The van der Waals surface area contributed by atoms with E-state index in [1.54, 1.807) is 0 Å². The second-order valence-electron chi connectivity index (χ2n) is 8.11. The number of urea groups is 1. The van der Waals surface area contributed by atoms with Gasteiger partial charge in [-0.2, -0.15) is 0 Å². The molecule has 1 unspecified atom stereocenters. The van der Waals surface area contributed by atoms with Crippen LogP contribution in [0.25, 0.3) is 10.9 Å². The Hall–Kier alpha value is -2.05. The average Bonchev–Trinajstić information content (AvgIpc) is 3.19. The number of aromatic nitrogens is 1. The van der Waals surface area contributed by atoms with Crippen LogP contribution in [0.4, 0.5) is 10.5 Å². The van der Waals surface area contributed by atoms with Crippen molar-refractivity contribution in [2.24, 2.45) is 11.8 Å². The molecule has 2 N–H and O–H groups in total. The number of nitrogens with one attached hydrogen (secondary N) is 2. The summed E-state index contributed by atoms with van der Waals surface area (Å²) in [6.07, 6.45) is 2.85. The number of hydrogen-bond acceptors (Lipinski definition) is 3. The summed E-state index contributed by atoms with van der Waals surface area (Å²) in [6.45, 7) is 11.3. The molecule has 0 radical (unpaired) electrons. The predicted molar refractivity (Wildman–Crippen MR) is 108 cm³/mol. The maximum atomic E-state index is 12.2. The molecular formula is C21H31N3O3. The first-order valence-electron chi connectivity index (χ1n) is 9.76. The minimum absolute atomic E-state index is 0.193. The summed E-state index contributed by atoms with van der Waals surface area (Å²) < 4.78 is 13.5. The molecule has 1 aliphatic rings. The van der Waals surface area contributed by atoms with Crippen LogP contribution in [-0.2, 0) is 16.0 Å². The number of fused-ring (bicyclic) bond motifs is 1. The number of anilines is 1. The monoisotopic (exact) mass is 373 g/mol. The van der Waals surface area contributed by atoms with Crippen LogP contribution < -0.4 is 10.6 Å². The van der Waals surface area contributed by atoms with Gasteiger partial charge < -0.3 is 24.7 Å². The number of ether oxygens (including phenoxy) is 2. The molecule has 148 valence electrons. The Morgan fingerprint density at radius 2 is 1.96 bits per heavy atom. The largest absolute Gasteiger partial charge is 0.348 e. The number of rotatable bonds is 7.